The number of benzene rings is 1. The number of oxazole rings is 1. The highest BCUT2D eigenvalue weighted by Gasteiger charge is 2.37. The zero-order valence-corrected chi connectivity index (χ0v) is 13.2. The van der Waals surface area contributed by atoms with Gasteiger partial charge in [0, 0.05) is 24.7 Å². The molecule has 2 aromatic rings. The van der Waals surface area contributed by atoms with Crippen LogP contribution in [-0.4, -0.2) is 46.1 Å². The summed E-state index contributed by atoms with van der Waals surface area (Å²) < 4.78 is 18.8. The van der Waals surface area contributed by atoms with Crippen molar-refractivity contribution in [3.8, 4) is 0 Å². The molecule has 1 aromatic carbocycles. The fourth-order valence-electron chi connectivity index (χ4n) is 3.29. The Morgan fingerprint density at radius 3 is 2.92 bits per heavy atom. The number of nitrogens with one attached hydrogen (secondary N) is 1. The number of hydrogen-bond acceptors (Lipinski definition) is 5. The zero-order valence-electron chi connectivity index (χ0n) is 13.2. The number of aromatic nitrogens is 1. The van der Waals surface area contributed by atoms with Gasteiger partial charge in [0.25, 0.3) is 6.01 Å². The molecule has 0 atom stereocenters. The molecule has 2 N–H and O–H groups in total. The monoisotopic (exact) mass is 333 g/mol. The van der Waals surface area contributed by atoms with Crippen LogP contribution in [0.15, 0.2) is 22.6 Å². The van der Waals surface area contributed by atoms with Crippen molar-refractivity contribution in [2.45, 2.75) is 37.8 Å². The van der Waals surface area contributed by atoms with Crippen molar-refractivity contribution in [1.29, 1.82) is 0 Å². The summed E-state index contributed by atoms with van der Waals surface area (Å²) in [6.45, 7) is 0.988. The third kappa shape index (κ3) is 3.36. The lowest BCUT2D eigenvalue weighted by Gasteiger charge is -2.42. The molecule has 7 heteroatoms. The van der Waals surface area contributed by atoms with Crippen molar-refractivity contribution in [1.82, 2.24) is 9.88 Å². The highest BCUT2D eigenvalue weighted by Crippen LogP contribution is 2.34. The normalized spacial score (nSPS) is 23.4. The van der Waals surface area contributed by atoms with Crippen molar-refractivity contribution in [3.63, 3.8) is 0 Å². The van der Waals surface area contributed by atoms with Crippen LogP contribution >= 0.6 is 0 Å². The molecule has 0 radical (unpaired) electrons. The molecule has 1 heterocycles. The number of carboxylic acids is 1. The average Bonchev–Trinajstić information content (AvgIpc) is 3.19. The van der Waals surface area contributed by atoms with Crippen molar-refractivity contribution >= 4 is 23.1 Å². The summed E-state index contributed by atoms with van der Waals surface area (Å²) in [6.07, 6.45) is 4.16. The van der Waals surface area contributed by atoms with Crippen LogP contribution in [0.25, 0.3) is 11.1 Å². The quantitative estimate of drug-likeness (QED) is 0.811. The minimum Gasteiger partial charge on any atom is -0.480 e. The van der Waals surface area contributed by atoms with Gasteiger partial charge >= 0.3 is 5.97 Å². The number of hydrogen-bond donors (Lipinski definition) is 2. The third-order valence-corrected chi connectivity index (χ3v) is 4.83. The molecule has 0 saturated heterocycles. The molecule has 2 aliphatic carbocycles. The molecule has 128 valence electrons. The van der Waals surface area contributed by atoms with Gasteiger partial charge in [0.05, 0.1) is 6.54 Å². The van der Waals surface area contributed by atoms with Crippen LogP contribution in [0, 0.1) is 11.7 Å². The molecular formula is C17H20FN3O3. The SMILES string of the molecule is O=C(O)CN(CC1CC1)C1CC(Nc2nc3cc(F)ccc3o2)C1. The second-order valence-corrected chi connectivity index (χ2v) is 6.86. The van der Waals surface area contributed by atoms with Crippen LogP contribution in [0.4, 0.5) is 10.4 Å². The first-order valence-corrected chi connectivity index (χ1v) is 8.35. The van der Waals surface area contributed by atoms with Gasteiger partial charge in [-0.2, -0.15) is 4.98 Å². The largest absolute Gasteiger partial charge is 0.480 e. The minimum atomic E-state index is -0.770. The number of aliphatic carboxylic acids is 1. The first-order valence-electron chi connectivity index (χ1n) is 8.35. The Bertz CT molecular complexity index is 753. The predicted molar refractivity (Wildman–Crippen MR) is 86.3 cm³/mol. The van der Waals surface area contributed by atoms with Crippen molar-refractivity contribution < 1.29 is 18.7 Å². The van der Waals surface area contributed by atoms with Crippen LogP contribution < -0.4 is 5.32 Å². The molecular weight excluding hydrogens is 313 g/mol. The summed E-state index contributed by atoms with van der Waals surface area (Å²) in [5.74, 6) is -0.438. The smallest absolute Gasteiger partial charge is 0.317 e. The number of anilines is 1. The first kappa shape index (κ1) is 15.4. The molecule has 0 bridgehead atoms. The Hall–Kier alpha value is -2.15. The number of rotatable bonds is 7. The maximum atomic E-state index is 13.2. The summed E-state index contributed by atoms with van der Waals surface area (Å²) in [5, 5.41) is 12.3. The van der Waals surface area contributed by atoms with E-state index in [0.29, 0.717) is 29.1 Å². The van der Waals surface area contributed by atoms with E-state index in [-0.39, 0.29) is 18.4 Å². The molecule has 0 unspecified atom stereocenters. The first-order chi connectivity index (χ1) is 11.6. The summed E-state index contributed by atoms with van der Waals surface area (Å²) in [6, 6.07) is 5.16. The van der Waals surface area contributed by atoms with Crippen LogP contribution in [-0.2, 0) is 4.79 Å². The molecule has 24 heavy (non-hydrogen) atoms. The van der Waals surface area contributed by atoms with Gasteiger partial charge in [-0.15, -0.1) is 0 Å². The maximum Gasteiger partial charge on any atom is 0.317 e. The minimum absolute atomic E-state index is 0.107. The van der Waals surface area contributed by atoms with Gasteiger partial charge in [-0.05, 0) is 43.7 Å². The summed E-state index contributed by atoms with van der Waals surface area (Å²) in [5.41, 5.74) is 1.05. The summed E-state index contributed by atoms with van der Waals surface area (Å²) in [4.78, 5) is 17.4. The second kappa shape index (κ2) is 6.05. The maximum absolute atomic E-state index is 13.2. The molecule has 2 saturated carbocycles. The van der Waals surface area contributed by atoms with E-state index in [1.807, 2.05) is 0 Å². The topological polar surface area (TPSA) is 78.6 Å². The van der Waals surface area contributed by atoms with E-state index < -0.39 is 5.97 Å². The summed E-state index contributed by atoms with van der Waals surface area (Å²) >= 11 is 0. The lowest BCUT2D eigenvalue weighted by atomic mass is 9.85. The van der Waals surface area contributed by atoms with E-state index in [4.69, 9.17) is 9.52 Å². The Balaban J connectivity index is 1.34. The van der Waals surface area contributed by atoms with E-state index in [0.717, 1.165) is 19.4 Å². The lowest BCUT2D eigenvalue weighted by Crippen LogP contribution is -2.52. The lowest BCUT2D eigenvalue weighted by molar-refractivity contribution is -0.139. The average molecular weight is 333 g/mol. The molecule has 2 fully saturated rings. The van der Waals surface area contributed by atoms with Crippen molar-refractivity contribution in [2.24, 2.45) is 5.92 Å². The Kier molecular flexibility index (Phi) is 3.88. The van der Waals surface area contributed by atoms with Gasteiger partial charge < -0.3 is 14.8 Å². The van der Waals surface area contributed by atoms with Crippen LogP contribution in [0.3, 0.4) is 0 Å². The number of carbonyl (C=O) groups is 1. The van der Waals surface area contributed by atoms with Crippen molar-refractivity contribution in [2.75, 3.05) is 18.4 Å². The van der Waals surface area contributed by atoms with Gasteiger partial charge in [0.2, 0.25) is 0 Å². The highest BCUT2D eigenvalue weighted by atomic mass is 19.1. The molecule has 0 spiro atoms. The van der Waals surface area contributed by atoms with Gasteiger partial charge in [-0.25, -0.2) is 4.39 Å². The van der Waals surface area contributed by atoms with Gasteiger partial charge in [0.15, 0.2) is 5.58 Å². The van der Waals surface area contributed by atoms with E-state index in [1.54, 1.807) is 6.07 Å². The Morgan fingerprint density at radius 1 is 1.42 bits per heavy atom. The highest BCUT2D eigenvalue weighted by molar-refractivity contribution is 5.74. The molecule has 1 aromatic heterocycles. The van der Waals surface area contributed by atoms with E-state index >= 15 is 0 Å². The van der Waals surface area contributed by atoms with Gasteiger partial charge in [0.1, 0.15) is 11.3 Å². The van der Waals surface area contributed by atoms with Crippen LogP contribution in [0.2, 0.25) is 0 Å². The fraction of sp³-hybridized carbons (Fsp3) is 0.529. The Morgan fingerprint density at radius 2 is 2.21 bits per heavy atom. The molecule has 0 amide bonds. The number of nitrogens with zero attached hydrogens (tertiary/aromatic N) is 2. The molecule has 2 aliphatic rings. The van der Waals surface area contributed by atoms with Crippen LogP contribution in [0.1, 0.15) is 25.7 Å². The van der Waals surface area contributed by atoms with E-state index in [9.17, 15) is 9.18 Å². The van der Waals surface area contributed by atoms with Crippen molar-refractivity contribution in [3.05, 3.63) is 24.0 Å². The van der Waals surface area contributed by atoms with Gasteiger partial charge in [-0.1, -0.05) is 0 Å². The standard InChI is InChI=1S/C17H20FN3O3/c18-11-3-4-15-14(5-11)20-17(24-15)19-12-6-13(7-12)21(9-16(22)23)8-10-1-2-10/h3-5,10,12-13H,1-2,6-9H2,(H,19,20)(H,22,23). The van der Waals surface area contributed by atoms with Crippen LogP contribution in [0.5, 0.6) is 0 Å². The predicted octanol–water partition coefficient (Wildman–Crippen LogP) is 2.71. The molecule has 0 aliphatic heterocycles. The molecule has 6 nitrogen and oxygen atoms in total. The van der Waals surface area contributed by atoms with E-state index in [2.05, 4.69) is 15.2 Å². The Labute approximate surface area is 138 Å². The third-order valence-electron chi connectivity index (χ3n) is 4.83. The summed E-state index contributed by atoms with van der Waals surface area (Å²) in [7, 11) is 0. The zero-order chi connectivity index (χ0) is 16.7. The molecule has 4 rings (SSSR count). The van der Waals surface area contributed by atoms with E-state index in [1.165, 1.54) is 25.0 Å². The fourth-order valence-corrected chi connectivity index (χ4v) is 3.29. The number of carboxylic acid groups (broad SMARTS) is 1. The number of fused-ring (bicyclic) bond motifs is 1. The second-order valence-electron chi connectivity index (χ2n) is 6.86. The van der Waals surface area contributed by atoms with Gasteiger partial charge in [-0.3, -0.25) is 9.69 Å². The number of halogens is 1.